The maximum Gasteiger partial charge on any atom is 0.229 e. The summed E-state index contributed by atoms with van der Waals surface area (Å²) in [5, 5.41) is 2.86. The van der Waals surface area contributed by atoms with Crippen molar-refractivity contribution in [2.24, 2.45) is 5.92 Å². The summed E-state index contributed by atoms with van der Waals surface area (Å²) in [6.07, 6.45) is 0.207. The molecule has 0 unspecified atom stereocenters. The van der Waals surface area contributed by atoms with E-state index in [4.69, 9.17) is 0 Å². The minimum absolute atomic E-state index is 0.0524. The molecular weight excluding hydrogens is 307 g/mol. The lowest BCUT2D eigenvalue weighted by Gasteiger charge is -2.16. The van der Waals surface area contributed by atoms with Gasteiger partial charge in [-0.1, -0.05) is 29.8 Å². The van der Waals surface area contributed by atoms with Gasteiger partial charge in [0.1, 0.15) is 5.82 Å². The fourth-order valence-electron chi connectivity index (χ4n) is 2.79. The Morgan fingerprint density at radius 3 is 2.50 bits per heavy atom. The monoisotopic (exact) mass is 326 g/mol. The largest absolute Gasteiger partial charge is 0.338 e. The second-order valence-electron chi connectivity index (χ2n) is 6.16. The average molecular weight is 326 g/mol. The highest BCUT2D eigenvalue weighted by Gasteiger charge is 2.34. The normalized spacial score (nSPS) is 17.2. The Morgan fingerprint density at radius 2 is 1.83 bits per heavy atom. The number of nitrogens with zero attached hydrogens (tertiary/aromatic N) is 1. The molecule has 1 N–H and O–H groups in total. The van der Waals surface area contributed by atoms with Gasteiger partial charge in [-0.2, -0.15) is 0 Å². The van der Waals surface area contributed by atoms with Crippen LogP contribution < -0.4 is 5.32 Å². The fraction of sp³-hybridized carbons (Fsp3) is 0.263. The Bertz CT molecular complexity index is 741. The summed E-state index contributed by atoms with van der Waals surface area (Å²) in [5.41, 5.74) is 2.70. The molecule has 0 spiro atoms. The number of halogens is 1. The number of rotatable bonds is 4. The standard InChI is InChI=1S/C19H19FN2O2/c1-13-2-8-17(9-3-13)21-19(24)15-10-18(23)22(12-15)11-14-4-6-16(20)7-5-14/h2-9,15H,10-12H2,1H3,(H,21,24)/t15-/m0/s1. The highest BCUT2D eigenvalue weighted by molar-refractivity contribution is 5.97. The van der Waals surface area contributed by atoms with Crippen LogP contribution in [0.2, 0.25) is 0 Å². The fourth-order valence-corrected chi connectivity index (χ4v) is 2.79. The van der Waals surface area contributed by atoms with E-state index in [9.17, 15) is 14.0 Å². The summed E-state index contributed by atoms with van der Waals surface area (Å²) >= 11 is 0. The van der Waals surface area contributed by atoms with Gasteiger partial charge >= 0.3 is 0 Å². The van der Waals surface area contributed by atoms with Gasteiger partial charge in [0.2, 0.25) is 11.8 Å². The molecule has 3 rings (SSSR count). The van der Waals surface area contributed by atoms with E-state index in [1.807, 2.05) is 31.2 Å². The molecule has 2 amide bonds. The highest BCUT2D eigenvalue weighted by Crippen LogP contribution is 2.22. The average Bonchev–Trinajstić information content (AvgIpc) is 2.93. The molecule has 1 aliphatic heterocycles. The molecule has 0 aromatic heterocycles. The molecule has 5 heteroatoms. The zero-order valence-corrected chi connectivity index (χ0v) is 13.5. The molecular formula is C19H19FN2O2. The number of carbonyl (C=O) groups is 2. The number of carbonyl (C=O) groups excluding carboxylic acids is 2. The van der Waals surface area contributed by atoms with Crippen LogP contribution in [0.4, 0.5) is 10.1 Å². The lowest BCUT2D eigenvalue weighted by Crippen LogP contribution is -2.28. The van der Waals surface area contributed by atoms with Gasteiger partial charge < -0.3 is 10.2 Å². The van der Waals surface area contributed by atoms with Gasteiger partial charge in [-0.15, -0.1) is 0 Å². The minimum atomic E-state index is -0.362. The van der Waals surface area contributed by atoms with Crippen LogP contribution in [0, 0.1) is 18.7 Å². The molecule has 4 nitrogen and oxygen atoms in total. The maximum absolute atomic E-state index is 12.9. The first-order valence-corrected chi connectivity index (χ1v) is 7.91. The lowest BCUT2D eigenvalue weighted by atomic mass is 10.1. The molecule has 1 saturated heterocycles. The van der Waals surface area contributed by atoms with Crippen molar-refractivity contribution in [3.05, 3.63) is 65.5 Å². The number of nitrogens with one attached hydrogen (secondary N) is 1. The molecule has 24 heavy (non-hydrogen) atoms. The molecule has 1 heterocycles. The van der Waals surface area contributed by atoms with Crippen LogP contribution in [-0.2, 0) is 16.1 Å². The molecule has 1 aliphatic rings. The second-order valence-corrected chi connectivity index (χ2v) is 6.16. The van der Waals surface area contributed by atoms with Crippen LogP contribution in [0.5, 0.6) is 0 Å². The van der Waals surface area contributed by atoms with Crippen molar-refractivity contribution in [2.75, 3.05) is 11.9 Å². The van der Waals surface area contributed by atoms with Gasteiger partial charge in [-0.25, -0.2) is 4.39 Å². The van der Waals surface area contributed by atoms with Gasteiger partial charge in [0.15, 0.2) is 0 Å². The maximum atomic E-state index is 12.9. The number of likely N-dealkylation sites (tertiary alicyclic amines) is 1. The van der Waals surface area contributed by atoms with Crippen molar-refractivity contribution in [3.63, 3.8) is 0 Å². The number of amides is 2. The van der Waals surface area contributed by atoms with Crippen LogP contribution in [0.15, 0.2) is 48.5 Å². The topological polar surface area (TPSA) is 49.4 Å². The van der Waals surface area contributed by atoms with E-state index >= 15 is 0 Å². The van der Waals surface area contributed by atoms with Crippen molar-refractivity contribution in [1.82, 2.24) is 4.90 Å². The summed E-state index contributed by atoms with van der Waals surface area (Å²) < 4.78 is 12.9. The SMILES string of the molecule is Cc1ccc(NC(=O)[C@H]2CC(=O)N(Cc3ccc(F)cc3)C2)cc1. The third-order valence-electron chi connectivity index (χ3n) is 4.19. The Kier molecular flexibility index (Phi) is 4.60. The Hall–Kier alpha value is -2.69. The van der Waals surface area contributed by atoms with Crippen LogP contribution in [0.25, 0.3) is 0 Å². The molecule has 1 fully saturated rings. The summed E-state index contributed by atoms with van der Waals surface area (Å²) in [7, 11) is 0. The summed E-state index contributed by atoms with van der Waals surface area (Å²) in [5.74, 6) is -0.863. The van der Waals surface area contributed by atoms with Crippen molar-refractivity contribution in [3.8, 4) is 0 Å². The molecule has 1 atom stereocenters. The van der Waals surface area contributed by atoms with Gasteiger partial charge in [0.05, 0.1) is 5.92 Å². The first-order valence-electron chi connectivity index (χ1n) is 7.91. The lowest BCUT2D eigenvalue weighted by molar-refractivity contribution is -0.128. The van der Waals surface area contributed by atoms with Crippen molar-refractivity contribution in [2.45, 2.75) is 19.9 Å². The molecule has 0 saturated carbocycles. The van der Waals surface area contributed by atoms with Crippen LogP contribution >= 0.6 is 0 Å². The number of anilines is 1. The second kappa shape index (κ2) is 6.83. The molecule has 124 valence electrons. The minimum Gasteiger partial charge on any atom is -0.338 e. The summed E-state index contributed by atoms with van der Waals surface area (Å²) in [6, 6.07) is 13.6. The van der Waals surface area contributed by atoms with E-state index in [1.165, 1.54) is 12.1 Å². The smallest absolute Gasteiger partial charge is 0.229 e. The van der Waals surface area contributed by atoms with E-state index < -0.39 is 0 Å². The molecule has 0 radical (unpaired) electrons. The predicted octanol–water partition coefficient (Wildman–Crippen LogP) is 3.12. The Balaban J connectivity index is 1.60. The predicted molar refractivity (Wildman–Crippen MR) is 89.7 cm³/mol. The Labute approximate surface area is 140 Å². The van der Waals surface area contributed by atoms with Gasteiger partial charge in [0.25, 0.3) is 0 Å². The van der Waals surface area contributed by atoms with Gasteiger partial charge in [-0.3, -0.25) is 9.59 Å². The zero-order chi connectivity index (χ0) is 17.1. The van der Waals surface area contributed by atoms with Crippen molar-refractivity contribution < 1.29 is 14.0 Å². The first kappa shape index (κ1) is 16.2. The van der Waals surface area contributed by atoms with Crippen molar-refractivity contribution in [1.29, 1.82) is 0 Å². The molecule has 2 aromatic rings. The van der Waals surface area contributed by atoms with E-state index in [0.717, 1.165) is 16.8 Å². The summed E-state index contributed by atoms with van der Waals surface area (Å²) in [6.45, 7) is 2.76. The van der Waals surface area contributed by atoms with E-state index in [0.29, 0.717) is 13.1 Å². The number of hydrogen-bond acceptors (Lipinski definition) is 2. The van der Waals surface area contributed by atoms with E-state index in [-0.39, 0.29) is 30.0 Å². The third kappa shape index (κ3) is 3.79. The molecule has 0 bridgehead atoms. The van der Waals surface area contributed by atoms with Crippen molar-refractivity contribution >= 4 is 17.5 Å². The van der Waals surface area contributed by atoms with Crippen LogP contribution in [-0.4, -0.2) is 23.3 Å². The van der Waals surface area contributed by atoms with Crippen LogP contribution in [0.3, 0.4) is 0 Å². The molecule has 2 aromatic carbocycles. The van der Waals surface area contributed by atoms with Gasteiger partial charge in [-0.05, 0) is 36.8 Å². The Morgan fingerprint density at radius 1 is 1.17 bits per heavy atom. The third-order valence-corrected chi connectivity index (χ3v) is 4.19. The number of aryl methyl sites for hydroxylation is 1. The zero-order valence-electron chi connectivity index (χ0n) is 13.5. The number of benzene rings is 2. The highest BCUT2D eigenvalue weighted by atomic mass is 19.1. The van der Waals surface area contributed by atoms with Crippen LogP contribution in [0.1, 0.15) is 17.5 Å². The number of hydrogen-bond donors (Lipinski definition) is 1. The molecule has 0 aliphatic carbocycles. The van der Waals surface area contributed by atoms with Gasteiger partial charge in [0, 0.05) is 25.2 Å². The summed E-state index contributed by atoms with van der Waals surface area (Å²) in [4.78, 5) is 26.1. The van der Waals surface area contributed by atoms with E-state index in [2.05, 4.69) is 5.32 Å². The van der Waals surface area contributed by atoms with E-state index in [1.54, 1.807) is 17.0 Å². The quantitative estimate of drug-likeness (QED) is 0.938. The first-order chi connectivity index (χ1) is 11.5.